The van der Waals surface area contributed by atoms with Crippen LogP contribution in [0.15, 0.2) is 43.0 Å². The molecular formula is C16H16O2. The summed E-state index contributed by atoms with van der Waals surface area (Å²) >= 11 is 0. The van der Waals surface area contributed by atoms with Crippen molar-refractivity contribution >= 4 is 22.3 Å². The minimum Gasteiger partial charge on any atom is -0.462 e. The molecule has 2 heteroatoms. The number of hydrogen-bond acceptors (Lipinski definition) is 2. The number of carbonyl (C=O) groups is 1. The third kappa shape index (κ3) is 2.14. The van der Waals surface area contributed by atoms with Gasteiger partial charge in [0.05, 0.1) is 12.2 Å². The van der Waals surface area contributed by atoms with Crippen LogP contribution >= 0.6 is 0 Å². The molecule has 2 rings (SSSR count). The zero-order valence-corrected chi connectivity index (χ0v) is 10.7. The highest BCUT2D eigenvalue weighted by atomic mass is 16.5. The maximum Gasteiger partial charge on any atom is 0.339 e. The van der Waals surface area contributed by atoms with Crippen LogP contribution in [0.25, 0.3) is 16.3 Å². The van der Waals surface area contributed by atoms with E-state index < -0.39 is 0 Å². The van der Waals surface area contributed by atoms with Gasteiger partial charge in [0, 0.05) is 0 Å². The standard InChI is InChI=1S/C16H16O2/c1-4-18-16(17)15-13(11(2)3)10-9-12-7-5-6-8-14(12)15/h5-10H,2,4H2,1,3H3. The molecule has 0 fully saturated rings. The molecule has 2 aromatic rings. The van der Waals surface area contributed by atoms with Gasteiger partial charge in [-0.2, -0.15) is 0 Å². The van der Waals surface area contributed by atoms with Crippen molar-refractivity contribution in [2.45, 2.75) is 13.8 Å². The maximum absolute atomic E-state index is 12.1. The van der Waals surface area contributed by atoms with Crippen LogP contribution in [0, 0.1) is 0 Å². The van der Waals surface area contributed by atoms with Crippen molar-refractivity contribution in [2.75, 3.05) is 6.61 Å². The van der Waals surface area contributed by atoms with E-state index in [-0.39, 0.29) is 5.97 Å². The van der Waals surface area contributed by atoms with Gasteiger partial charge in [0.15, 0.2) is 0 Å². The zero-order chi connectivity index (χ0) is 13.1. The number of hydrogen-bond donors (Lipinski definition) is 0. The van der Waals surface area contributed by atoms with Crippen LogP contribution in [-0.2, 0) is 4.74 Å². The fourth-order valence-corrected chi connectivity index (χ4v) is 2.05. The van der Waals surface area contributed by atoms with E-state index in [4.69, 9.17) is 4.74 Å². The molecule has 0 aliphatic carbocycles. The molecule has 0 heterocycles. The predicted octanol–water partition coefficient (Wildman–Crippen LogP) is 4.05. The molecule has 0 radical (unpaired) electrons. The van der Waals surface area contributed by atoms with Crippen molar-refractivity contribution in [3.8, 4) is 0 Å². The third-order valence-corrected chi connectivity index (χ3v) is 2.87. The summed E-state index contributed by atoms with van der Waals surface area (Å²) in [4.78, 5) is 12.1. The SMILES string of the molecule is C=C(C)c1ccc2ccccc2c1C(=O)OCC. The van der Waals surface area contributed by atoms with Gasteiger partial charge < -0.3 is 4.74 Å². The molecule has 0 saturated carbocycles. The number of allylic oxidation sites excluding steroid dienone is 1. The second-order valence-corrected chi connectivity index (χ2v) is 4.21. The average Bonchev–Trinajstić information content (AvgIpc) is 2.37. The Hall–Kier alpha value is -2.09. The van der Waals surface area contributed by atoms with Crippen LogP contribution < -0.4 is 0 Å². The van der Waals surface area contributed by atoms with Gasteiger partial charge >= 0.3 is 5.97 Å². The first-order chi connectivity index (χ1) is 8.65. The zero-order valence-electron chi connectivity index (χ0n) is 10.7. The molecule has 0 atom stereocenters. The van der Waals surface area contributed by atoms with E-state index in [2.05, 4.69) is 6.58 Å². The predicted molar refractivity (Wildman–Crippen MR) is 74.6 cm³/mol. The minimum absolute atomic E-state index is 0.285. The molecule has 18 heavy (non-hydrogen) atoms. The summed E-state index contributed by atoms with van der Waals surface area (Å²) in [7, 11) is 0. The summed E-state index contributed by atoms with van der Waals surface area (Å²) in [6, 6.07) is 11.7. The number of fused-ring (bicyclic) bond motifs is 1. The second-order valence-electron chi connectivity index (χ2n) is 4.21. The van der Waals surface area contributed by atoms with E-state index in [1.165, 1.54) is 0 Å². The Morgan fingerprint density at radius 3 is 2.61 bits per heavy atom. The van der Waals surface area contributed by atoms with Gasteiger partial charge in [-0.3, -0.25) is 0 Å². The average molecular weight is 240 g/mol. The van der Waals surface area contributed by atoms with Crippen LogP contribution in [0.4, 0.5) is 0 Å². The Bertz CT molecular complexity index is 612. The molecule has 0 saturated heterocycles. The largest absolute Gasteiger partial charge is 0.462 e. The summed E-state index contributed by atoms with van der Waals surface area (Å²) in [5.41, 5.74) is 2.33. The lowest BCUT2D eigenvalue weighted by atomic mass is 9.95. The van der Waals surface area contributed by atoms with Gasteiger partial charge in [-0.15, -0.1) is 0 Å². The van der Waals surface area contributed by atoms with Gasteiger partial charge in [0.25, 0.3) is 0 Å². The van der Waals surface area contributed by atoms with Crippen molar-refractivity contribution in [3.05, 3.63) is 54.1 Å². The van der Waals surface area contributed by atoms with E-state index in [9.17, 15) is 4.79 Å². The van der Waals surface area contributed by atoms with Crippen LogP contribution in [0.2, 0.25) is 0 Å². The number of benzene rings is 2. The van der Waals surface area contributed by atoms with Gasteiger partial charge in [-0.1, -0.05) is 48.6 Å². The van der Waals surface area contributed by atoms with Gasteiger partial charge in [-0.05, 0) is 30.2 Å². The minimum atomic E-state index is -0.285. The van der Waals surface area contributed by atoms with Gasteiger partial charge in [0.2, 0.25) is 0 Å². The highest BCUT2D eigenvalue weighted by Crippen LogP contribution is 2.27. The molecule has 2 aromatic carbocycles. The Kier molecular flexibility index (Phi) is 3.47. The normalized spacial score (nSPS) is 10.3. The van der Waals surface area contributed by atoms with Crippen molar-refractivity contribution < 1.29 is 9.53 Å². The van der Waals surface area contributed by atoms with Crippen LogP contribution in [-0.4, -0.2) is 12.6 Å². The van der Waals surface area contributed by atoms with E-state index in [0.717, 1.165) is 21.9 Å². The van der Waals surface area contributed by atoms with Crippen LogP contribution in [0.1, 0.15) is 29.8 Å². The molecule has 0 amide bonds. The first kappa shape index (κ1) is 12.4. The molecule has 0 N–H and O–H groups in total. The quantitative estimate of drug-likeness (QED) is 0.756. The molecule has 0 aliphatic heterocycles. The number of rotatable bonds is 3. The van der Waals surface area contributed by atoms with Gasteiger partial charge in [0.1, 0.15) is 0 Å². The second kappa shape index (κ2) is 5.05. The Morgan fingerprint density at radius 2 is 1.94 bits per heavy atom. The van der Waals surface area contributed by atoms with Crippen molar-refractivity contribution in [1.82, 2.24) is 0 Å². The lowest BCUT2D eigenvalue weighted by Crippen LogP contribution is -2.08. The summed E-state index contributed by atoms with van der Waals surface area (Å²) in [5, 5.41) is 1.95. The van der Waals surface area contributed by atoms with E-state index in [1.807, 2.05) is 50.2 Å². The molecular weight excluding hydrogens is 224 g/mol. The molecule has 0 unspecified atom stereocenters. The Morgan fingerprint density at radius 1 is 1.22 bits per heavy atom. The molecule has 2 nitrogen and oxygen atoms in total. The number of carbonyl (C=O) groups excluding carboxylic acids is 1. The number of esters is 1. The lowest BCUT2D eigenvalue weighted by molar-refractivity contribution is 0.0528. The van der Waals surface area contributed by atoms with E-state index in [1.54, 1.807) is 0 Å². The topological polar surface area (TPSA) is 26.3 Å². The fraction of sp³-hybridized carbons (Fsp3) is 0.188. The van der Waals surface area contributed by atoms with E-state index in [0.29, 0.717) is 12.2 Å². The molecule has 92 valence electrons. The molecule has 0 spiro atoms. The van der Waals surface area contributed by atoms with Crippen LogP contribution in [0.5, 0.6) is 0 Å². The van der Waals surface area contributed by atoms with Crippen LogP contribution in [0.3, 0.4) is 0 Å². The third-order valence-electron chi connectivity index (χ3n) is 2.87. The summed E-state index contributed by atoms with van der Waals surface area (Å²) in [6.07, 6.45) is 0. The Labute approximate surface area is 107 Å². The summed E-state index contributed by atoms with van der Waals surface area (Å²) in [6.45, 7) is 8.00. The first-order valence-corrected chi connectivity index (χ1v) is 6.00. The van der Waals surface area contributed by atoms with E-state index >= 15 is 0 Å². The highest BCUT2D eigenvalue weighted by molar-refractivity contribution is 6.08. The maximum atomic E-state index is 12.1. The van der Waals surface area contributed by atoms with Gasteiger partial charge in [-0.25, -0.2) is 4.79 Å². The monoisotopic (exact) mass is 240 g/mol. The molecule has 0 bridgehead atoms. The Balaban J connectivity index is 2.74. The number of ether oxygens (including phenoxy) is 1. The van der Waals surface area contributed by atoms with Crippen molar-refractivity contribution in [1.29, 1.82) is 0 Å². The molecule has 0 aliphatic rings. The smallest absolute Gasteiger partial charge is 0.339 e. The van der Waals surface area contributed by atoms with Crippen molar-refractivity contribution in [3.63, 3.8) is 0 Å². The molecule has 0 aromatic heterocycles. The van der Waals surface area contributed by atoms with Crippen molar-refractivity contribution in [2.24, 2.45) is 0 Å². The highest BCUT2D eigenvalue weighted by Gasteiger charge is 2.16. The first-order valence-electron chi connectivity index (χ1n) is 6.00. The lowest BCUT2D eigenvalue weighted by Gasteiger charge is -2.12. The summed E-state index contributed by atoms with van der Waals surface area (Å²) in [5.74, 6) is -0.285. The summed E-state index contributed by atoms with van der Waals surface area (Å²) < 4.78 is 5.15. The fourth-order valence-electron chi connectivity index (χ4n) is 2.05.